The minimum atomic E-state index is -0.414. The van der Waals surface area contributed by atoms with E-state index in [1.54, 1.807) is 12.1 Å². The Hall–Kier alpha value is -2.80. The predicted molar refractivity (Wildman–Crippen MR) is 112 cm³/mol. The first kappa shape index (κ1) is 20.9. The molecule has 0 amide bonds. The number of benzene rings is 1. The molecule has 0 aliphatic rings. The van der Waals surface area contributed by atoms with E-state index in [-0.39, 0.29) is 18.1 Å². The van der Waals surface area contributed by atoms with Gasteiger partial charge in [-0.1, -0.05) is 11.2 Å². The van der Waals surface area contributed by atoms with Crippen molar-refractivity contribution in [3.8, 4) is 5.82 Å². The summed E-state index contributed by atoms with van der Waals surface area (Å²) in [6, 6.07) is 9.63. The van der Waals surface area contributed by atoms with E-state index < -0.39 is 5.97 Å². The molecule has 2 heterocycles. The Balaban J connectivity index is 1.59. The lowest BCUT2D eigenvalue weighted by Gasteiger charge is -2.07. The van der Waals surface area contributed by atoms with Crippen LogP contribution in [0, 0.1) is 34.6 Å². The number of aromatic nitrogens is 2. The summed E-state index contributed by atoms with van der Waals surface area (Å²) >= 11 is 1.40. The quantitative estimate of drug-likeness (QED) is 0.323. The van der Waals surface area contributed by atoms with Crippen molar-refractivity contribution in [3.63, 3.8) is 0 Å². The zero-order chi connectivity index (χ0) is 21.1. The van der Waals surface area contributed by atoms with Gasteiger partial charge in [-0.3, -0.25) is 14.2 Å². The van der Waals surface area contributed by atoms with Gasteiger partial charge >= 0.3 is 5.97 Å². The number of esters is 1. The molecule has 1 aromatic carbocycles. The highest BCUT2D eigenvalue weighted by atomic mass is 32.2. The van der Waals surface area contributed by atoms with Crippen LogP contribution in [-0.2, 0) is 9.53 Å². The van der Waals surface area contributed by atoms with Crippen LogP contribution in [0.5, 0.6) is 0 Å². The fourth-order valence-electron chi connectivity index (χ4n) is 3.07. The zero-order valence-corrected chi connectivity index (χ0v) is 18.1. The van der Waals surface area contributed by atoms with E-state index in [2.05, 4.69) is 5.16 Å². The molecule has 0 unspecified atom stereocenters. The van der Waals surface area contributed by atoms with Gasteiger partial charge < -0.3 is 9.26 Å². The summed E-state index contributed by atoms with van der Waals surface area (Å²) in [7, 11) is 0. The largest absolute Gasteiger partial charge is 0.457 e. The number of hydrogen-bond acceptors (Lipinski definition) is 6. The van der Waals surface area contributed by atoms with Gasteiger partial charge in [0.25, 0.3) is 0 Å². The van der Waals surface area contributed by atoms with Crippen LogP contribution in [0.4, 0.5) is 0 Å². The molecule has 3 aromatic rings. The maximum absolute atomic E-state index is 12.6. The minimum absolute atomic E-state index is 0.160. The number of ketones is 1. The summed E-state index contributed by atoms with van der Waals surface area (Å²) < 4.78 is 12.2. The molecule has 0 bridgehead atoms. The molecule has 0 fully saturated rings. The van der Waals surface area contributed by atoms with Crippen molar-refractivity contribution < 1.29 is 18.8 Å². The molecule has 0 N–H and O–H groups in total. The maximum atomic E-state index is 12.6. The lowest BCUT2D eigenvalue weighted by atomic mass is 10.1. The average molecular weight is 413 g/mol. The summed E-state index contributed by atoms with van der Waals surface area (Å²) in [5.41, 5.74) is 4.49. The summed E-state index contributed by atoms with van der Waals surface area (Å²) in [5, 5.41) is 4.01. The average Bonchev–Trinajstić information content (AvgIpc) is 3.23. The van der Waals surface area contributed by atoms with Gasteiger partial charge in [-0.2, -0.15) is 0 Å². The Morgan fingerprint density at radius 3 is 2.48 bits per heavy atom. The molecule has 3 rings (SSSR count). The van der Waals surface area contributed by atoms with Gasteiger partial charge in [0, 0.05) is 27.9 Å². The summed E-state index contributed by atoms with van der Waals surface area (Å²) in [6.45, 7) is 9.33. The van der Waals surface area contributed by atoms with E-state index in [1.807, 2.05) is 57.4 Å². The number of Topliss-reactive ketones (excluding diaryl/α,β-unsaturated/α-hetero) is 1. The van der Waals surface area contributed by atoms with Crippen LogP contribution in [0.15, 0.2) is 39.8 Å². The topological polar surface area (TPSA) is 74.3 Å². The molecule has 7 heteroatoms. The molecule has 0 aliphatic carbocycles. The second-order valence-electron chi connectivity index (χ2n) is 7.03. The molecule has 0 spiro atoms. The summed E-state index contributed by atoms with van der Waals surface area (Å²) in [4.78, 5) is 25.7. The maximum Gasteiger partial charge on any atom is 0.316 e. The lowest BCUT2D eigenvalue weighted by molar-refractivity contribution is -0.139. The Kier molecular flexibility index (Phi) is 6.27. The monoisotopic (exact) mass is 412 g/mol. The number of carbonyl (C=O) groups excluding carboxylic acids is 2. The van der Waals surface area contributed by atoms with Crippen molar-refractivity contribution in [2.45, 2.75) is 39.5 Å². The Morgan fingerprint density at radius 1 is 1.07 bits per heavy atom. The van der Waals surface area contributed by atoms with Gasteiger partial charge in [0.05, 0.1) is 5.75 Å². The fraction of sp³-hybridized carbons (Fsp3) is 0.318. The van der Waals surface area contributed by atoms with Gasteiger partial charge in [-0.25, -0.2) is 0 Å². The van der Waals surface area contributed by atoms with Crippen molar-refractivity contribution in [1.82, 2.24) is 9.72 Å². The molecule has 152 valence electrons. The number of rotatable bonds is 7. The Labute approximate surface area is 174 Å². The van der Waals surface area contributed by atoms with Crippen molar-refractivity contribution >= 4 is 23.5 Å². The second-order valence-corrected chi connectivity index (χ2v) is 8.08. The van der Waals surface area contributed by atoms with Gasteiger partial charge in [0.15, 0.2) is 12.4 Å². The van der Waals surface area contributed by atoms with Crippen LogP contribution in [0.3, 0.4) is 0 Å². The van der Waals surface area contributed by atoms with Crippen LogP contribution < -0.4 is 0 Å². The molecule has 0 aliphatic heterocycles. The number of ether oxygens (including phenoxy) is 1. The molecule has 2 aromatic heterocycles. The van der Waals surface area contributed by atoms with Crippen molar-refractivity contribution in [2.24, 2.45) is 0 Å². The first-order chi connectivity index (χ1) is 13.8. The third-order valence-electron chi connectivity index (χ3n) is 4.78. The third-order valence-corrected chi connectivity index (χ3v) is 5.74. The minimum Gasteiger partial charge on any atom is -0.457 e. The third kappa shape index (κ3) is 4.79. The SMILES string of the molecule is Cc1cc(-n2c(C)cc(C(=O)COC(=O)CSc3ccc(C)c(C)c3)c2C)no1. The smallest absolute Gasteiger partial charge is 0.316 e. The van der Waals surface area contributed by atoms with Gasteiger partial charge in [0.1, 0.15) is 5.76 Å². The number of carbonyl (C=O) groups is 2. The number of aryl methyl sites for hydroxylation is 4. The number of hydrogen-bond donors (Lipinski definition) is 0. The van der Waals surface area contributed by atoms with Crippen molar-refractivity contribution in [1.29, 1.82) is 0 Å². The highest BCUT2D eigenvalue weighted by Crippen LogP contribution is 2.22. The van der Waals surface area contributed by atoms with E-state index >= 15 is 0 Å². The molecule has 0 saturated heterocycles. The highest BCUT2D eigenvalue weighted by Gasteiger charge is 2.19. The van der Waals surface area contributed by atoms with Gasteiger partial charge in [-0.15, -0.1) is 11.8 Å². The predicted octanol–water partition coefficient (Wildman–Crippen LogP) is 4.53. The zero-order valence-electron chi connectivity index (χ0n) is 17.2. The van der Waals surface area contributed by atoms with Crippen LogP contribution in [0.1, 0.15) is 38.6 Å². The second kappa shape index (κ2) is 8.69. The van der Waals surface area contributed by atoms with Crippen molar-refractivity contribution in [3.05, 3.63) is 64.2 Å². The lowest BCUT2D eigenvalue weighted by Crippen LogP contribution is -2.16. The van der Waals surface area contributed by atoms with E-state index in [9.17, 15) is 9.59 Å². The Bertz CT molecular complexity index is 1060. The van der Waals surface area contributed by atoms with Crippen LogP contribution in [-0.4, -0.2) is 33.8 Å². The first-order valence-corrected chi connectivity index (χ1v) is 10.3. The van der Waals surface area contributed by atoms with Gasteiger partial charge in [-0.05, 0) is 63.9 Å². The molecular weight excluding hydrogens is 388 g/mol. The highest BCUT2D eigenvalue weighted by molar-refractivity contribution is 8.00. The van der Waals surface area contributed by atoms with Crippen LogP contribution in [0.2, 0.25) is 0 Å². The normalized spacial score (nSPS) is 10.9. The van der Waals surface area contributed by atoms with Crippen LogP contribution >= 0.6 is 11.8 Å². The molecular formula is C22H24N2O4S. The van der Waals surface area contributed by atoms with Crippen LogP contribution in [0.25, 0.3) is 5.82 Å². The van der Waals surface area contributed by atoms with E-state index in [1.165, 1.54) is 22.9 Å². The summed E-state index contributed by atoms with van der Waals surface area (Å²) in [5.74, 6) is 0.818. The molecule has 29 heavy (non-hydrogen) atoms. The standard InChI is InChI=1S/C22H24N2O4S/c1-13-6-7-18(8-14(13)2)29-12-22(26)27-11-20(25)19-9-15(3)24(17(19)5)21-10-16(4)28-23-21/h6-10H,11-12H2,1-5H3. The fourth-order valence-corrected chi connectivity index (χ4v) is 3.86. The molecule has 0 radical (unpaired) electrons. The van der Waals surface area contributed by atoms with E-state index in [4.69, 9.17) is 9.26 Å². The molecule has 0 atom stereocenters. The Morgan fingerprint density at radius 2 is 1.83 bits per heavy atom. The van der Waals surface area contributed by atoms with E-state index in [0.717, 1.165) is 16.3 Å². The molecule has 0 saturated carbocycles. The molecule has 6 nitrogen and oxygen atoms in total. The summed E-state index contributed by atoms with van der Waals surface area (Å²) in [6.07, 6.45) is 0. The number of nitrogens with zero attached hydrogens (tertiary/aromatic N) is 2. The van der Waals surface area contributed by atoms with Crippen molar-refractivity contribution in [2.75, 3.05) is 12.4 Å². The first-order valence-electron chi connectivity index (χ1n) is 9.27. The number of thioether (sulfide) groups is 1. The van der Waals surface area contributed by atoms with E-state index in [0.29, 0.717) is 17.1 Å². The van der Waals surface area contributed by atoms with Gasteiger partial charge in [0.2, 0.25) is 5.78 Å².